The molecule has 0 saturated heterocycles. The van der Waals surface area contributed by atoms with E-state index in [0.29, 0.717) is 42.3 Å². The number of hydrogen-bond acceptors (Lipinski definition) is 7. The van der Waals surface area contributed by atoms with Gasteiger partial charge in [0.15, 0.2) is 0 Å². The van der Waals surface area contributed by atoms with Gasteiger partial charge in [0.05, 0.1) is 31.0 Å². The highest BCUT2D eigenvalue weighted by molar-refractivity contribution is 6.02. The lowest BCUT2D eigenvalue weighted by molar-refractivity contribution is 0.0473. The van der Waals surface area contributed by atoms with Crippen molar-refractivity contribution in [2.75, 3.05) is 18.5 Å². The van der Waals surface area contributed by atoms with Crippen LogP contribution < -0.4 is 10.6 Å². The number of amides is 1. The SMILES string of the molecule is CC(C)CNC(=O)c1ccc(-c2cccnc2CNc2ccc(COCC=N)cc2)c(C(=O)OCc2ccccc2)c1.Cl. The van der Waals surface area contributed by atoms with E-state index >= 15 is 0 Å². The molecule has 3 aromatic carbocycles. The maximum atomic E-state index is 13.5. The van der Waals surface area contributed by atoms with Crippen LogP contribution in [0.5, 0.6) is 0 Å². The van der Waals surface area contributed by atoms with Gasteiger partial charge in [0.1, 0.15) is 6.61 Å². The number of rotatable bonds is 14. The average Bonchev–Trinajstić information content (AvgIpc) is 3.02. The van der Waals surface area contributed by atoms with Crippen molar-refractivity contribution >= 4 is 36.2 Å². The molecule has 1 heterocycles. The molecule has 0 aliphatic heterocycles. The summed E-state index contributed by atoms with van der Waals surface area (Å²) in [5, 5.41) is 13.4. The number of nitrogens with one attached hydrogen (secondary N) is 3. The maximum absolute atomic E-state index is 13.5. The van der Waals surface area contributed by atoms with Gasteiger partial charge in [-0.15, -0.1) is 12.4 Å². The summed E-state index contributed by atoms with van der Waals surface area (Å²) in [5.74, 6) is -0.464. The molecule has 0 spiro atoms. The van der Waals surface area contributed by atoms with E-state index in [1.54, 1.807) is 24.4 Å². The minimum atomic E-state index is -0.518. The largest absolute Gasteiger partial charge is 0.457 e. The van der Waals surface area contributed by atoms with E-state index in [-0.39, 0.29) is 31.5 Å². The summed E-state index contributed by atoms with van der Waals surface area (Å²) in [7, 11) is 0. The van der Waals surface area contributed by atoms with Crippen LogP contribution in [0.1, 0.15) is 51.4 Å². The molecule has 0 saturated carbocycles. The summed E-state index contributed by atoms with van der Waals surface area (Å²) < 4.78 is 11.1. The fraction of sp³-hybridized carbons (Fsp3) is 0.235. The number of anilines is 1. The molecule has 0 aliphatic carbocycles. The third-order valence-corrected chi connectivity index (χ3v) is 6.45. The first-order chi connectivity index (χ1) is 20.4. The highest BCUT2D eigenvalue weighted by Gasteiger charge is 2.20. The molecule has 0 fully saturated rings. The summed E-state index contributed by atoms with van der Waals surface area (Å²) in [4.78, 5) is 30.9. The first-order valence-corrected chi connectivity index (χ1v) is 13.9. The Kier molecular flexibility index (Phi) is 12.9. The van der Waals surface area contributed by atoms with Crippen molar-refractivity contribution in [3.8, 4) is 11.1 Å². The van der Waals surface area contributed by atoms with Gasteiger partial charge in [-0.1, -0.05) is 68.4 Å². The van der Waals surface area contributed by atoms with E-state index in [1.165, 1.54) is 6.21 Å². The highest BCUT2D eigenvalue weighted by Crippen LogP contribution is 2.29. The third kappa shape index (κ3) is 9.77. The van der Waals surface area contributed by atoms with Gasteiger partial charge in [-0.2, -0.15) is 0 Å². The maximum Gasteiger partial charge on any atom is 0.339 e. The van der Waals surface area contributed by atoms with Crippen molar-refractivity contribution in [1.82, 2.24) is 10.3 Å². The molecule has 1 amide bonds. The monoisotopic (exact) mass is 600 g/mol. The summed E-state index contributed by atoms with van der Waals surface area (Å²) in [6.45, 7) is 5.84. The van der Waals surface area contributed by atoms with Crippen LogP contribution in [0.15, 0.2) is 91.1 Å². The van der Waals surface area contributed by atoms with Crippen LogP contribution in [-0.2, 0) is 29.2 Å². The summed E-state index contributed by atoms with van der Waals surface area (Å²) in [6.07, 6.45) is 2.94. The molecular formula is C34H37ClN4O4. The molecule has 0 radical (unpaired) electrons. The number of benzene rings is 3. The second-order valence-corrected chi connectivity index (χ2v) is 10.2. The Balaban J connectivity index is 0.00000506. The number of carbonyl (C=O) groups excluding carboxylic acids is 2. The summed E-state index contributed by atoms with van der Waals surface area (Å²) >= 11 is 0. The average molecular weight is 601 g/mol. The quantitative estimate of drug-likeness (QED) is 0.0844. The number of hydrogen-bond donors (Lipinski definition) is 3. The first kappa shape index (κ1) is 33.0. The molecule has 0 unspecified atom stereocenters. The lowest BCUT2D eigenvalue weighted by atomic mass is 9.95. The van der Waals surface area contributed by atoms with Gasteiger partial charge in [-0.25, -0.2) is 4.79 Å². The van der Waals surface area contributed by atoms with Gasteiger partial charge in [-0.05, 0) is 52.9 Å². The van der Waals surface area contributed by atoms with Crippen LogP contribution in [0.2, 0.25) is 0 Å². The lowest BCUT2D eigenvalue weighted by Gasteiger charge is -2.16. The number of carbonyl (C=O) groups is 2. The van der Waals surface area contributed by atoms with Crippen LogP contribution >= 0.6 is 12.4 Å². The Labute approximate surface area is 258 Å². The van der Waals surface area contributed by atoms with Gasteiger partial charge in [-0.3, -0.25) is 9.78 Å². The van der Waals surface area contributed by atoms with Gasteiger partial charge in [0.25, 0.3) is 5.91 Å². The molecule has 43 heavy (non-hydrogen) atoms. The minimum absolute atomic E-state index is 0. The Morgan fingerprint density at radius 3 is 2.37 bits per heavy atom. The Morgan fingerprint density at radius 1 is 0.907 bits per heavy atom. The van der Waals surface area contributed by atoms with Crippen LogP contribution in [0.4, 0.5) is 5.69 Å². The topological polar surface area (TPSA) is 113 Å². The van der Waals surface area contributed by atoms with Crippen molar-refractivity contribution in [3.05, 3.63) is 119 Å². The zero-order valence-corrected chi connectivity index (χ0v) is 25.2. The smallest absolute Gasteiger partial charge is 0.339 e. The zero-order valence-electron chi connectivity index (χ0n) is 24.3. The number of ether oxygens (including phenoxy) is 2. The summed E-state index contributed by atoms with van der Waals surface area (Å²) in [5.41, 5.74) is 5.62. The molecule has 224 valence electrons. The molecule has 9 heteroatoms. The van der Waals surface area contributed by atoms with E-state index in [0.717, 1.165) is 28.1 Å². The molecule has 0 atom stereocenters. The Hall–Kier alpha value is -4.53. The van der Waals surface area contributed by atoms with Gasteiger partial charge >= 0.3 is 5.97 Å². The normalized spacial score (nSPS) is 10.5. The van der Waals surface area contributed by atoms with Crippen LogP contribution in [-0.4, -0.2) is 36.2 Å². The van der Waals surface area contributed by atoms with Gasteiger partial charge in [0.2, 0.25) is 0 Å². The number of nitrogens with zero attached hydrogens (tertiary/aromatic N) is 1. The molecule has 0 bridgehead atoms. The molecule has 4 aromatic rings. The fourth-order valence-electron chi connectivity index (χ4n) is 4.25. The van der Waals surface area contributed by atoms with Crippen molar-refractivity contribution in [2.24, 2.45) is 5.92 Å². The predicted molar refractivity (Wildman–Crippen MR) is 172 cm³/mol. The van der Waals surface area contributed by atoms with E-state index in [9.17, 15) is 9.59 Å². The zero-order chi connectivity index (χ0) is 29.7. The Bertz CT molecular complexity index is 1490. The second-order valence-electron chi connectivity index (χ2n) is 10.2. The predicted octanol–water partition coefficient (Wildman–Crippen LogP) is 6.69. The molecule has 1 aromatic heterocycles. The van der Waals surface area contributed by atoms with Gasteiger partial charge in [0, 0.05) is 35.8 Å². The van der Waals surface area contributed by atoms with Crippen LogP contribution in [0.25, 0.3) is 11.1 Å². The van der Waals surface area contributed by atoms with E-state index in [1.807, 2.05) is 80.6 Å². The van der Waals surface area contributed by atoms with Crippen LogP contribution in [0, 0.1) is 11.3 Å². The van der Waals surface area contributed by atoms with Crippen molar-refractivity contribution in [3.63, 3.8) is 0 Å². The molecule has 8 nitrogen and oxygen atoms in total. The van der Waals surface area contributed by atoms with Crippen molar-refractivity contribution < 1.29 is 19.1 Å². The minimum Gasteiger partial charge on any atom is -0.457 e. The molecule has 4 rings (SSSR count). The van der Waals surface area contributed by atoms with Crippen LogP contribution in [0.3, 0.4) is 0 Å². The number of aromatic nitrogens is 1. The molecule has 0 aliphatic rings. The highest BCUT2D eigenvalue weighted by atomic mass is 35.5. The number of esters is 1. The van der Waals surface area contributed by atoms with Crippen molar-refractivity contribution in [1.29, 1.82) is 5.41 Å². The molecular weight excluding hydrogens is 564 g/mol. The van der Waals surface area contributed by atoms with Crippen molar-refractivity contribution in [2.45, 2.75) is 33.6 Å². The Morgan fingerprint density at radius 2 is 1.65 bits per heavy atom. The van der Waals surface area contributed by atoms with E-state index < -0.39 is 5.97 Å². The lowest BCUT2D eigenvalue weighted by Crippen LogP contribution is -2.27. The third-order valence-electron chi connectivity index (χ3n) is 6.45. The molecule has 3 N–H and O–H groups in total. The fourth-order valence-corrected chi connectivity index (χ4v) is 4.25. The first-order valence-electron chi connectivity index (χ1n) is 13.9. The summed E-state index contributed by atoms with van der Waals surface area (Å²) in [6, 6.07) is 26.2. The van der Waals surface area contributed by atoms with E-state index in [2.05, 4.69) is 15.6 Å². The van der Waals surface area contributed by atoms with E-state index in [4.69, 9.17) is 14.9 Å². The number of pyridine rings is 1. The number of halogens is 1. The van der Waals surface area contributed by atoms with Gasteiger partial charge < -0.3 is 25.5 Å². The standard InChI is InChI=1S/C34H36N4O4.ClH/c1-24(2)20-38-33(39)27-12-15-29(31(19-27)34(40)42-23-25-7-4-3-5-8-25)30-9-6-17-36-32(30)21-37-28-13-10-26(11-14-28)22-41-18-16-35;/h3-17,19,24,35,37H,18,20-23H2,1-2H3,(H,38,39);1H. The second kappa shape index (κ2) is 16.8.